The third-order valence-corrected chi connectivity index (χ3v) is 9.82. The average molecular weight is 738 g/mol. The molecule has 53 heavy (non-hydrogen) atoms. The Hall–Kier alpha value is -5.43. The summed E-state index contributed by atoms with van der Waals surface area (Å²) in [5.74, 6) is -2.63. The maximum absolute atomic E-state index is 10.8. The summed E-state index contributed by atoms with van der Waals surface area (Å²) in [6.45, 7) is 0. The van der Waals surface area contributed by atoms with Crippen LogP contribution in [0.25, 0.3) is 32.3 Å². The summed E-state index contributed by atoms with van der Waals surface area (Å²) in [5.41, 5.74) is 8.14. The summed E-state index contributed by atoms with van der Waals surface area (Å²) in [6.07, 6.45) is 13.6. The van der Waals surface area contributed by atoms with Gasteiger partial charge in [-0.3, -0.25) is 0 Å². The smallest absolute Gasteiger partial charge is 0.336 e. The Labute approximate surface area is 324 Å². The number of aromatic carboxylic acids is 3. The topological polar surface area (TPSA) is 112 Å². The molecule has 0 amide bonds. The van der Waals surface area contributed by atoms with Crippen LogP contribution in [0.1, 0.15) is 82.4 Å². The van der Waals surface area contributed by atoms with Crippen molar-refractivity contribution in [1.29, 1.82) is 0 Å². The number of fused-ring (bicyclic) bond motifs is 4. The van der Waals surface area contributed by atoms with Crippen LogP contribution in [0, 0.1) is 6.42 Å². The minimum absolute atomic E-state index is 0. The van der Waals surface area contributed by atoms with Gasteiger partial charge in [0.05, 0.1) is 16.7 Å². The van der Waals surface area contributed by atoms with Gasteiger partial charge in [0.15, 0.2) is 0 Å². The molecular weight excluding hydrogens is 696 g/mol. The van der Waals surface area contributed by atoms with E-state index >= 15 is 0 Å². The molecule has 266 valence electrons. The average Bonchev–Trinajstić information content (AvgIpc) is 3.57. The molecule has 0 atom stereocenters. The standard InChI is InChI=1S/C13H17.3C11H8O2.Ti/c1-3-7-12-10(5-1)9-11-6-2-4-8-13(11)12;3*12-11(13)10-7-3-5-8-4-1-2-6-9(8)10;/h5H,1-4,6-9H2;3*1-7H,(H,12,13);/q-1;;;;. The molecule has 0 aliphatic heterocycles. The summed E-state index contributed by atoms with van der Waals surface area (Å²) in [6, 6.07) is 38.2. The van der Waals surface area contributed by atoms with Crippen molar-refractivity contribution in [3.63, 3.8) is 0 Å². The monoisotopic (exact) mass is 737 g/mol. The maximum atomic E-state index is 10.8. The fourth-order valence-electron chi connectivity index (χ4n) is 7.36. The number of allylic oxidation sites excluding steroid dienone is 4. The molecule has 7 heteroatoms. The molecule has 0 aromatic heterocycles. The first-order chi connectivity index (χ1) is 25.3. The second-order valence-corrected chi connectivity index (χ2v) is 13.1. The predicted octanol–water partition coefficient (Wildman–Crippen LogP) is 11.6. The molecule has 0 bridgehead atoms. The van der Waals surface area contributed by atoms with Crippen LogP contribution in [0.2, 0.25) is 0 Å². The van der Waals surface area contributed by atoms with E-state index < -0.39 is 17.9 Å². The third kappa shape index (κ3) is 9.33. The minimum Gasteiger partial charge on any atom is -0.478 e. The normalized spacial score (nSPS) is 14.1. The Bertz CT molecular complexity index is 2080. The van der Waals surface area contributed by atoms with Crippen molar-refractivity contribution in [2.75, 3.05) is 0 Å². The van der Waals surface area contributed by atoms with E-state index in [1.54, 1.807) is 58.7 Å². The zero-order valence-electron chi connectivity index (χ0n) is 29.4. The van der Waals surface area contributed by atoms with E-state index in [1.165, 1.54) is 51.4 Å². The van der Waals surface area contributed by atoms with Gasteiger partial charge >= 0.3 is 17.9 Å². The quantitative estimate of drug-likeness (QED) is 0.123. The van der Waals surface area contributed by atoms with E-state index in [0.717, 1.165) is 32.3 Å². The third-order valence-electron chi connectivity index (χ3n) is 9.82. The first-order valence-corrected chi connectivity index (χ1v) is 17.7. The Morgan fingerprint density at radius 2 is 0.830 bits per heavy atom. The van der Waals surface area contributed by atoms with Crippen molar-refractivity contribution in [1.82, 2.24) is 0 Å². The molecule has 0 fully saturated rings. The van der Waals surface area contributed by atoms with Crippen molar-refractivity contribution in [3.8, 4) is 0 Å². The zero-order valence-corrected chi connectivity index (χ0v) is 31.0. The number of carbonyl (C=O) groups is 3. The van der Waals surface area contributed by atoms with Crippen LogP contribution in [0.4, 0.5) is 0 Å². The van der Waals surface area contributed by atoms with E-state index in [9.17, 15) is 14.4 Å². The van der Waals surface area contributed by atoms with Crippen molar-refractivity contribution < 1.29 is 51.4 Å². The van der Waals surface area contributed by atoms with E-state index in [0.29, 0.717) is 16.7 Å². The summed E-state index contributed by atoms with van der Waals surface area (Å²) in [5, 5.41) is 31.9. The van der Waals surface area contributed by atoms with Crippen LogP contribution in [-0.4, -0.2) is 33.2 Å². The van der Waals surface area contributed by atoms with Crippen LogP contribution < -0.4 is 0 Å². The van der Waals surface area contributed by atoms with Gasteiger partial charge in [0.25, 0.3) is 0 Å². The van der Waals surface area contributed by atoms with Crippen LogP contribution in [0.3, 0.4) is 0 Å². The molecule has 0 unspecified atom stereocenters. The van der Waals surface area contributed by atoms with Crippen LogP contribution in [0.15, 0.2) is 150 Å². The molecule has 9 rings (SSSR count). The number of rotatable bonds is 3. The molecule has 3 aliphatic carbocycles. The summed E-state index contributed by atoms with van der Waals surface area (Å²) < 4.78 is 0. The van der Waals surface area contributed by atoms with E-state index in [4.69, 9.17) is 15.3 Å². The van der Waals surface area contributed by atoms with E-state index in [-0.39, 0.29) is 21.7 Å². The molecule has 0 saturated carbocycles. The van der Waals surface area contributed by atoms with Crippen LogP contribution in [0.5, 0.6) is 0 Å². The largest absolute Gasteiger partial charge is 0.478 e. The van der Waals surface area contributed by atoms with Crippen molar-refractivity contribution in [3.05, 3.63) is 173 Å². The zero-order chi connectivity index (χ0) is 36.5. The van der Waals surface area contributed by atoms with E-state index in [1.807, 2.05) is 91.0 Å². The second kappa shape index (κ2) is 18.4. The van der Waals surface area contributed by atoms with Gasteiger partial charge in [-0.1, -0.05) is 134 Å². The Morgan fingerprint density at radius 1 is 0.453 bits per heavy atom. The van der Waals surface area contributed by atoms with Gasteiger partial charge < -0.3 is 15.3 Å². The number of benzene rings is 6. The SMILES string of the molecule is O=C(O)c1cccc2ccccc12.O=C(O)c1cccc2ccccc12.O=C(O)c1cccc2ccccc12.[CH-]1CCCC2=C1CC1=C2CCCC1.[Ti]. The Balaban J connectivity index is 0.000000135. The number of carboxylic acid groups (broad SMARTS) is 3. The fraction of sp³-hybridized carbons (Fsp3) is 0.174. The molecule has 3 aliphatic rings. The van der Waals surface area contributed by atoms with Gasteiger partial charge in [-0.05, 0) is 76.2 Å². The molecule has 3 N–H and O–H groups in total. The van der Waals surface area contributed by atoms with Gasteiger partial charge in [0.1, 0.15) is 0 Å². The Kier molecular flexibility index (Phi) is 13.4. The van der Waals surface area contributed by atoms with Crippen molar-refractivity contribution in [2.24, 2.45) is 0 Å². The van der Waals surface area contributed by atoms with Crippen molar-refractivity contribution in [2.45, 2.75) is 51.4 Å². The molecular formula is C46H41O6Ti-. The van der Waals surface area contributed by atoms with Crippen LogP contribution in [-0.2, 0) is 21.7 Å². The number of hydrogen-bond donors (Lipinski definition) is 3. The number of hydrogen-bond acceptors (Lipinski definition) is 3. The first-order valence-electron chi connectivity index (χ1n) is 17.7. The van der Waals surface area contributed by atoms with Gasteiger partial charge in [0, 0.05) is 21.7 Å². The number of carboxylic acids is 3. The van der Waals surface area contributed by atoms with E-state index in [2.05, 4.69) is 6.42 Å². The molecule has 6 aromatic carbocycles. The second-order valence-electron chi connectivity index (χ2n) is 13.1. The van der Waals surface area contributed by atoms with Gasteiger partial charge in [0.2, 0.25) is 0 Å². The molecule has 6 aromatic rings. The Morgan fingerprint density at radius 3 is 1.26 bits per heavy atom. The summed E-state index contributed by atoms with van der Waals surface area (Å²) in [7, 11) is 0. The molecule has 0 heterocycles. The fourth-order valence-corrected chi connectivity index (χ4v) is 7.36. The molecule has 0 saturated heterocycles. The first kappa shape index (κ1) is 38.8. The van der Waals surface area contributed by atoms with Crippen LogP contribution >= 0.6 is 0 Å². The molecule has 0 radical (unpaired) electrons. The van der Waals surface area contributed by atoms with Gasteiger partial charge in [-0.25, -0.2) is 26.4 Å². The molecule has 0 spiro atoms. The summed E-state index contributed by atoms with van der Waals surface area (Å²) in [4.78, 5) is 32.4. The van der Waals surface area contributed by atoms with Gasteiger partial charge in [-0.2, -0.15) is 5.57 Å². The van der Waals surface area contributed by atoms with Gasteiger partial charge in [-0.15, -0.1) is 12.0 Å². The molecule has 6 nitrogen and oxygen atoms in total. The summed E-state index contributed by atoms with van der Waals surface area (Å²) >= 11 is 0. The maximum Gasteiger partial charge on any atom is 0.336 e. The van der Waals surface area contributed by atoms with Crippen molar-refractivity contribution >= 4 is 50.2 Å². The predicted molar refractivity (Wildman–Crippen MR) is 208 cm³/mol. The minimum atomic E-state index is -0.878.